The number of aryl methyl sites for hydroxylation is 1. The van der Waals surface area contributed by atoms with Gasteiger partial charge >= 0.3 is 0 Å². The second kappa shape index (κ2) is 8.11. The van der Waals surface area contributed by atoms with E-state index in [9.17, 15) is 5.11 Å². The molecule has 1 atom stereocenters. The van der Waals surface area contributed by atoms with Crippen LogP contribution in [0.25, 0.3) is 17.2 Å². The molecule has 4 rings (SSSR count). The van der Waals surface area contributed by atoms with Crippen LogP contribution in [0.15, 0.2) is 49.4 Å². The molecular weight excluding hydrogens is 360 g/mol. The molecule has 5 nitrogen and oxygen atoms in total. The summed E-state index contributed by atoms with van der Waals surface area (Å²) < 4.78 is 0. The lowest BCUT2D eigenvalue weighted by molar-refractivity contribution is 0.258. The highest BCUT2D eigenvalue weighted by atomic mass is 16.3. The molecule has 2 heterocycles. The van der Waals surface area contributed by atoms with Crippen LogP contribution in [0.4, 0.5) is 0 Å². The number of benzene rings is 1. The van der Waals surface area contributed by atoms with E-state index in [-0.39, 0.29) is 0 Å². The molecule has 0 saturated heterocycles. The van der Waals surface area contributed by atoms with Crippen LogP contribution >= 0.6 is 0 Å². The van der Waals surface area contributed by atoms with E-state index in [1.54, 1.807) is 24.7 Å². The minimum Gasteiger partial charge on any atom is -0.508 e. The van der Waals surface area contributed by atoms with Crippen LogP contribution in [0.5, 0.6) is 5.75 Å². The number of aromatic nitrogens is 4. The van der Waals surface area contributed by atoms with Crippen LogP contribution in [0.1, 0.15) is 54.5 Å². The summed E-state index contributed by atoms with van der Waals surface area (Å²) in [6.07, 6.45) is 9.72. The van der Waals surface area contributed by atoms with E-state index in [0.29, 0.717) is 29.2 Å². The molecule has 0 radical (unpaired) electrons. The zero-order chi connectivity index (χ0) is 20.4. The molecule has 148 valence electrons. The molecule has 1 saturated carbocycles. The molecule has 2 aromatic heterocycles. The Morgan fingerprint density at radius 2 is 1.86 bits per heavy atom. The van der Waals surface area contributed by atoms with Gasteiger partial charge in [-0.1, -0.05) is 24.6 Å². The number of nitrogens with zero attached hydrogens (tertiary/aromatic N) is 4. The van der Waals surface area contributed by atoms with Gasteiger partial charge in [0.1, 0.15) is 5.75 Å². The van der Waals surface area contributed by atoms with Crippen molar-refractivity contribution in [1.29, 1.82) is 0 Å². The molecule has 0 bridgehead atoms. The molecule has 29 heavy (non-hydrogen) atoms. The van der Waals surface area contributed by atoms with Gasteiger partial charge in [0.2, 0.25) is 0 Å². The van der Waals surface area contributed by atoms with E-state index in [1.165, 1.54) is 24.8 Å². The van der Waals surface area contributed by atoms with Gasteiger partial charge in [0.25, 0.3) is 0 Å². The molecule has 1 fully saturated rings. The highest BCUT2D eigenvalue weighted by Crippen LogP contribution is 2.44. The zero-order valence-electron chi connectivity index (χ0n) is 17.0. The lowest BCUT2D eigenvalue weighted by Crippen LogP contribution is -2.23. The number of phenols is 1. The van der Waals surface area contributed by atoms with E-state index in [4.69, 9.17) is 4.98 Å². The maximum Gasteiger partial charge on any atom is 0.197 e. The van der Waals surface area contributed by atoms with Crippen LogP contribution < -0.4 is 0 Å². The highest BCUT2D eigenvalue weighted by Gasteiger charge is 2.31. The van der Waals surface area contributed by atoms with E-state index in [0.717, 1.165) is 28.8 Å². The van der Waals surface area contributed by atoms with Crippen LogP contribution in [0.2, 0.25) is 0 Å². The molecule has 0 amide bonds. The van der Waals surface area contributed by atoms with Gasteiger partial charge in [0.15, 0.2) is 11.6 Å². The molecule has 5 heteroatoms. The standard InChI is InChI=1S/C24H26N4O/c1-15(2)19-14-22(29)16(3)12-21(19)20(17-6-4-7-17)13-18-8-11-27-24(28-18)23-25-9-5-10-26-23/h5,8-12,14,17,20,29H,1,4,6-7,13H2,2-3H3. The lowest BCUT2D eigenvalue weighted by Gasteiger charge is -2.35. The first-order valence-corrected chi connectivity index (χ1v) is 10.1. The van der Waals surface area contributed by atoms with Crippen molar-refractivity contribution >= 4 is 5.57 Å². The topological polar surface area (TPSA) is 71.8 Å². The van der Waals surface area contributed by atoms with Crippen LogP contribution in [0.3, 0.4) is 0 Å². The normalized spacial score (nSPS) is 15.0. The van der Waals surface area contributed by atoms with Crippen molar-refractivity contribution < 1.29 is 5.11 Å². The van der Waals surface area contributed by atoms with Crippen molar-refractivity contribution in [2.75, 3.05) is 0 Å². The molecule has 1 aliphatic carbocycles. The summed E-state index contributed by atoms with van der Waals surface area (Å²) in [5.41, 5.74) is 5.16. The second-order valence-corrected chi connectivity index (χ2v) is 7.95. The Morgan fingerprint density at radius 3 is 2.52 bits per heavy atom. The molecular formula is C24H26N4O. The van der Waals surface area contributed by atoms with Crippen molar-refractivity contribution in [3.63, 3.8) is 0 Å². The Kier molecular flexibility index (Phi) is 5.38. The zero-order valence-corrected chi connectivity index (χ0v) is 17.0. The van der Waals surface area contributed by atoms with E-state index >= 15 is 0 Å². The number of rotatable bonds is 6. The Labute approximate surface area is 171 Å². The maximum absolute atomic E-state index is 10.2. The van der Waals surface area contributed by atoms with Crippen molar-refractivity contribution in [2.24, 2.45) is 5.92 Å². The van der Waals surface area contributed by atoms with Gasteiger partial charge in [-0.3, -0.25) is 0 Å². The fraction of sp³-hybridized carbons (Fsp3) is 0.333. The fourth-order valence-corrected chi connectivity index (χ4v) is 4.03. The molecule has 1 aliphatic rings. The third-order valence-electron chi connectivity index (χ3n) is 5.85. The average Bonchev–Trinajstić information content (AvgIpc) is 2.68. The predicted octanol–water partition coefficient (Wildman–Crippen LogP) is 5.11. The summed E-state index contributed by atoms with van der Waals surface area (Å²) in [7, 11) is 0. The second-order valence-electron chi connectivity index (χ2n) is 7.95. The number of allylic oxidation sites excluding steroid dienone is 1. The average molecular weight is 386 g/mol. The minimum atomic E-state index is 0.324. The van der Waals surface area contributed by atoms with Gasteiger partial charge in [-0.25, -0.2) is 19.9 Å². The quantitative estimate of drug-likeness (QED) is 0.637. The van der Waals surface area contributed by atoms with Crippen molar-refractivity contribution in [3.8, 4) is 17.4 Å². The maximum atomic E-state index is 10.2. The Bertz CT molecular complexity index is 1030. The van der Waals surface area contributed by atoms with Gasteiger partial charge in [-0.05, 0) is 79.8 Å². The summed E-state index contributed by atoms with van der Waals surface area (Å²) in [6, 6.07) is 7.75. The molecule has 3 aromatic rings. The number of hydrogen-bond donors (Lipinski definition) is 1. The lowest BCUT2D eigenvalue weighted by atomic mass is 9.69. The van der Waals surface area contributed by atoms with Gasteiger partial charge in [-0.2, -0.15) is 0 Å². The van der Waals surface area contributed by atoms with Crippen molar-refractivity contribution in [1.82, 2.24) is 19.9 Å². The molecule has 0 aliphatic heterocycles. The number of aromatic hydroxyl groups is 1. The first-order valence-electron chi connectivity index (χ1n) is 10.1. The number of phenolic OH excluding ortho intramolecular Hbond substituents is 1. The van der Waals surface area contributed by atoms with Crippen molar-refractivity contribution in [2.45, 2.75) is 45.4 Å². The van der Waals surface area contributed by atoms with Crippen LogP contribution in [0, 0.1) is 12.8 Å². The summed E-state index contributed by atoms with van der Waals surface area (Å²) in [5.74, 6) is 2.36. The summed E-state index contributed by atoms with van der Waals surface area (Å²) >= 11 is 0. The molecule has 1 N–H and O–H groups in total. The Hall–Kier alpha value is -3.08. The molecule has 0 spiro atoms. The van der Waals surface area contributed by atoms with Crippen LogP contribution in [-0.2, 0) is 6.42 Å². The molecule has 1 aromatic carbocycles. The van der Waals surface area contributed by atoms with E-state index in [1.807, 2.05) is 26.0 Å². The Balaban J connectivity index is 1.72. The van der Waals surface area contributed by atoms with Gasteiger partial charge < -0.3 is 5.11 Å². The summed E-state index contributed by atoms with van der Waals surface area (Å²) in [6.45, 7) is 8.10. The first-order chi connectivity index (χ1) is 14.0. The van der Waals surface area contributed by atoms with Gasteiger partial charge in [0, 0.05) is 24.3 Å². The molecule has 1 unspecified atom stereocenters. The highest BCUT2D eigenvalue weighted by molar-refractivity contribution is 5.68. The largest absolute Gasteiger partial charge is 0.508 e. The van der Waals surface area contributed by atoms with Gasteiger partial charge in [-0.15, -0.1) is 0 Å². The summed E-state index contributed by atoms with van der Waals surface area (Å²) in [5, 5.41) is 10.2. The summed E-state index contributed by atoms with van der Waals surface area (Å²) in [4.78, 5) is 17.7. The first kappa shape index (κ1) is 19.2. The van der Waals surface area contributed by atoms with Gasteiger partial charge in [0.05, 0.1) is 0 Å². The predicted molar refractivity (Wildman–Crippen MR) is 114 cm³/mol. The van der Waals surface area contributed by atoms with Crippen molar-refractivity contribution in [3.05, 3.63) is 71.8 Å². The number of hydrogen-bond acceptors (Lipinski definition) is 5. The minimum absolute atomic E-state index is 0.324. The van der Waals surface area contributed by atoms with E-state index in [2.05, 4.69) is 27.6 Å². The Morgan fingerprint density at radius 1 is 1.14 bits per heavy atom. The van der Waals surface area contributed by atoms with Crippen LogP contribution in [-0.4, -0.2) is 25.0 Å². The third-order valence-corrected chi connectivity index (χ3v) is 5.85. The third kappa shape index (κ3) is 4.04. The smallest absolute Gasteiger partial charge is 0.197 e. The van der Waals surface area contributed by atoms with E-state index < -0.39 is 0 Å². The monoisotopic (exact) mass is 386 g/mol. The fourth-order valence-electron chi connectivity index (χ4n) is 4.03. The SMILES string of the molecule is C=C(C)c1cc(O)c(C)cc1C(Cc1ccnc(-c2ncccn2)n1)C1CCC1.